The highest BCUT2D eigenvalue weighted by Gasteiger charge is 2.38. The summed E-state index contributed by atoms with van der Waals surface area (Å²) in [4.78, 5) is 0. The number of hydrogen-bond donors (Lipinski definition) is 1. The molecule has 0 unspecified atom stereocenters. The maximum absolute atomic E-state index is 10.9. The van der Waals surface area contributed by atoms with Gasteiger partial charge < -0.3 is 5.11 Å². The second-order valence-corrected chi connectivity index (χ2v) is 6.88. The van der Waals surface area contributed by atoms with Crippen LogP contribution in [0.2, 0.25) is 0 Å². The molecule has 0 heterocycles. The molecule has 1 saturated carbocycles. The number of rotatable bonds is 1. The van der Waals surface area contributed by atoms with Gasteiger partial charge in [-0.3, -0.25) is 0 Å². The molecule has 0 saturated heterocycles. The standard InChI is InChI=1S/C16H28O/c1-15(2)10-12-16(17,13-11-15)14-8-6-4-3-5-7-9-14/h8,17H,3-7,9-13H2,1-2H3. The van der Waals surface area contributed by atoms with E-state index in [1.807, 2.05) is 0 Å². The maximum atomic E-state index is 10.9. The molecular weight excluding hydrogens is 208 g/mol. The van der Waals surface area contributed by atoms with Crippen molar-refractivity contribution in [2.75, 3.05) is 0 Å². The summed E-state index contributed by atoms with van der Waals surface area (Å²) in [6, 6.07) is 0. The van der Waals surface area contributed by atoms with Crippen LogP contribution < -0.4 is 0 Å². The number of aliphatic hydroxyl groups is 1. The first-order valence-electron chi connectivity index (χ1n) is 7.44. The molecule has 0 aliphatic heterocycles. The number of hydrogen-bond acceptors (Lipinski definition) is 1. The fraction of sp³-hybridized carbons (Fsp3) is 0.875. The Bertz CT molecular complexity index is 278. The molecule has 1 fully saturated rings. The maximum Gasteiger partial charge on any atom is 0.0857 e. The minimum absolute atomic E-state index is 0.439. The summed E-state index contributed by atoms with van der Waals surface area (Å²) in [5.41, 5.74) is 1.36. The zero-order chi connectivity index (χ0) is 12.4. The minimum Gasteiger partial charge on any atom is -0.386 e. The van der Waals surface area contributed by atoms with Crippen LogP contribution in [0.4, 0.5) is 0 Å². The van der Waals surface area contributed by atoms with E-state index in [1.54, 1.807) is 0 Å². The average Bonchev–Trinajstić information content (AvgIpc) is 2.22. The molecule has 0 aromatic rings. The van der Waals surface area contributed by atoms with Crippen molar-refractivity contribution in [3.8, 4) is 0 Å². The molecular formula is C16H28O. The van der Waals surface area contributed by atoms with Crippen LogP contribution in [-0.2, 0) is 0 Å². The predicted octanol–water partition coefficient (Wildman–Crippen LogP) is 4.60. The Morgan fingerprint density at radius 2 is 1.59 bits per heavy atom. The molecule has 2 rings (SSSR count). The lowest BCUT2D eigenvalue weighted by Crippen LogP contribution is -2.38. The van der Waals surface area contributed by atoms with Crippen LogP contribution in [0, 0.1) is 5.41 Å². The Balaban J connectivity index is 2.04. The van der Waals surface area contributed by atoms with Crippen LogP contribution in [0.1, 0.15) is 78.1 Å². The Morgan fingerprint density at radius 3 is 2.29 bits per heavy atom. The van der Waals surface area contributed by atoms with Gasteiger partial charge in [-0.05, 0) is 62.4 Å². The van der Waals surface area contributed by atoms with E-state index in [9.17, 15) is 5.11 Å². The van der Waals surface area contributed by atoms with Crippen molar-refractivity contribution < 1.29 is 5.11 Å². The van der Waals surface area contributed by atoms with Gasteiger partial charge in [-0.2, -0.15) is 0 Å². The minimum atomic E-state index is -0.452. The second-order valence-electron chi connectivity index (χ2n) is 6.88. The molecule has 1 nitrogen and oxygen atoms in total. The van der Waals surface area contributed by atoms with Gasteiger partial charge in [0.25, 0.3) is 0 Å². The Hall–Kier alpha value is -0.300. The van der Waals surface area contributed by atoms with E-state index in [0.29, 0.717) is 5.41 Å². The smallest absolute Gasteiger partial charge is 0.0857 e. The summed E-state index contributed by atoms with van der Waals surface area (Å²) in [7, 11) is 0. The summed E-state index contributed by atoms with van der Waals surface area (Å²) in [6.45, 7) is 4.66. The molecule has 17 heavy (non-hydrogen) atoms. The van der Waals surface area contributed by atoms with Gasteiger partial charge in [-0.25, -0.2) is 0 Å². The first-order chi connectivity index (χ1) is 8.02. The Morgan fingerprint density at radius 1 is 0.941 bits per heavy atom. The molecule has 0 aromatic carbocycles. The van der Waals surface area contributed by atoms with Crippen molar-refractivity contribution in [3.63, 3.8) is 0 Å². The van der Waals surface area contributed by atoms with E-state index in [-0.39, 0.29) is 0 Å². The van der Waals surface area contributed by atoms with Crippen LogP contribution in [0.5, 0.6) is 0 Å². The third-order valence-electron chi connectivity index (χ3n) is 4.82. The molecule has 0 amide bonds. The Kier molecular flexibility index (Phi) is 3.97. The van der Waals surface area contributed by atoms with Crippen molar-refractivity contribution in [2.45, 2.75) is 83.7 Å². The summed E-state index contributed by atoms with van der Waals surface area (Å²) in [6.07, 6.45) is 14.3. The quantitative estimate of drug-likeness (QED) is 0.660. The van der Waals surface area contributed by atoms with Crippen molar-refractivity contribution in [1.29, 1.82) is 0 Å². The fourth-order valence-corrected chi connectivity index (χ4v) is 3.28. The monoisotopic (exact) mass is 236 g/mol. The van der Waals surface area contributed by atoms with Gasteiger partial charge in [-0.1, -0.05) is 32.8 Å². The molecule has 1 N–H and O–H groups in total. The van der Waals surface area contributed by atoms with E-state index in [1.165, 1.54) is 50.5 Å². The molecule has 2 aliphatic carbocycles. The first-order valence-corrected chi connectivity index (χ1v) is 7.44. The van der Waals surface area contributed by atoms with Gasteiger partial charge >= 0.3 is 0 Å². The van der Waals surface area contributed by atoms with Crippen molar-refractivity contribution in [2.24, 2.45) is 5.41 Å². The van der Waals surface area contributed by atoms with Crippen LogP contribution in [0.15, 0.2) is 11.6 Å². The van der Waals surface area contributed by atoms with Crippen LogP contribution in [0.25, 0.3) is 0 Å². The van der Waals surface area contributed by atoms with Crippen molar-refractivity contribution >= 4 is 0 Å². The van der Waals surface area contributed by atoms with E-state index < -0.39 is 5.60 Å². The topological polar surface area (TPSA) is 20.2 Å². The molecule has 0 radical (unpaired) electrons. The first kappa shape index (κ1) is 13.1. The molecule has 0 aromatic heterocycles. The van der Waals surface area contributed by atoms with Crippen molar-refractivity contribution in [1.82, 2.24) is 0 Å². The van der Waals surface area contributed by atoms with E-state index in [4.69, 9.17) is 0 Å². The van der Waals surface area contributed by atoms with Crippen LogP contribution in [-0.4, -0.2) is 10.7 Å². The zero-order valence-electron chi connectivity index (χ0n) is 11.6. The molecule has 0 bridgehead atoms. The summed E-state index contributed by atoms with van der Waals surface area (Å²) >= 11 is 0. The molecule has 2 aliphatic rings. The van der Waals surface area contributed by atoms with Crippen molar-refractivity contribution in [3.05, 3.63) is 11.6 Å². The fourth-order valence-electron chi connectivity index (χ4n) is 3.28. The van der Waals surface area contributed by atoms with Gasteiger partial charge in [0.05, 0.1) is 5.60 Å². The summed E-state index contributed by atoms with van der Waals surface area (Å²) in [5.74, 6) is 0. The van der Waals surface area contributed by atoms with Crippen LogP contribution >= 0.6 is 0 Å². The highest BCUT2D eigenvalue weighted by molar-refractivity contribution is 5.19. The lowest BCUT2D eigenvalue weighted by molar-refractivity contribution is 0.00193. The number of allylic oxidation sites excluding steroid dienone is 1. The summed E-state index contributed by atoms with van der Waals surface area (Å²) < 4.78 is 0. The van der Waals surface area contributed by atoms with E-state index in [0.717, 1.165) is 19.3 Å². The Labute approximate surface area is 106 Å². The van der Waals surface area contributed by atoms with Crippen LogP contribution in [0.3, 0.4) is 0 Å². The van der Waals surface area contributed by atoms with Gasteiger partial charge in [0.2, 0.25) is 0 Å². The lowest BCUT2D eigenvalue weighted by atomic mass is 9.67. The van der Waals surface area contributed by atoms with E-state index in [2.05, 4.69) is 19.9 Å². The molecule has 98 valence electrons. The zero-order valence-corrected chi connectivity index (χ0v) is 11.6. The lowest BCUT2D eigenvalue weighted by Gasteiger charge is -2.42. The van der Waals surface area contributed by atoms with Gasteiger partial charge in [0.15, 0.2) is 0 Å². The van der Waals surface area contributed by atoms with Gasteiger partial charge in [0.1, 0.15) is 0 Å². The molecule has 1 heteroatoms. The molecule has 0 atom stereocenters. The third-order valence-corrected chi connectivity index (χ3v) is 4.82. The molecule has 0 spiro atoms. The third kappa shape index (κ3) is 3.34. The SMILES string of the molecule is CC1(C)CCC(O)(C2=CCCCCCC2)CC1. The summed E-state index contributed by atoms with van der Waals surface area (Å²) in [5, 5.41) is 10.9. The van der Waals surface area contributed by atoms with E-state index >= 15 is 0 Å². The van der Waals surface area contributed by atoms with Gasteiger partial charge in [0, 0.05) is 0 Å². The largest absolute Gasteiger partial charge is 0.386 e. The normalized spacial score (nSPS) is 29.0. The highest BCUT2D eigenvalue weighted by Crippen LogP contribution is 2.44. The second kappa shape index (κ2) is 5.14. The highest BCUT2D eigenvalue weighted by atomic mass is 16.3. The predicted molar refractivity (Wildman–Crippen MR) is 73.0 cm³/mol. The van der Waals surface area contributed by atoms with Gasteiger partial charge in [-0.15, -0.1) is 0 Å². The average molecular weight is 236 g/mol.